The Kier molecular flexibility index (Phi) is 4.20. The monoisotopic (exact) mass is 313 g/mol. The Bertz CT molecular complexity index is 648. The van der Waals surface area contributed by atoms with Crippen molar-refractivity contribution in [2.75, 3.05) is 12.3 Å². The predicted octanol–water partition coefficient (Wildman–Crippen LogP) is 2.04. The summed E-state index contributed by atoms with van der Waals surface area (Å²) in [7, 11) is -3.92. The second-order valence-corrected chi connectivity index (χ2v) is 7.25. The minimum absolute atomic E-state index is 0.00431. The van der Waals surface area contributed by atoms with Gasteiger partial charge in [-0.05, 0) is 36.8 Å². The van der Waals surface area contributed by atoms with E-state index in [2.05, 4.69) is 4.72 Å². The zero-order chi connectivity index (χ0) is 15.7. The summed E-state index contributed by atoms with van der Waals surface area (Å²) in [5.41, 5.74) is 5.14. The molecular formula is C13H19N3O4S. The molecule has 1 aliphatic rings. The van der Waals surface area contributed by atoms with Crippen molar-refractivity contribution in [3.8, 4) is 0 Å². The number of nitrogens with one attached hydrogen (secondary N) is 1. The second-order valence-electron chi connectivity index (χ2n) is 5.52. The molecule has 1 saturated carbocycles. The fourth-order valence-corrected chi connectivity index (χ4v) is 3.87. The largest absolute Gasteiger partial charge is 0.399 e. The van der Waals surface area contributed by atoms with Crippen molar-refractivity contribution in [3.05, 3.63) is 28.3 Å². The molecule has 0 aliphatic heterocycles. The van der Waals surface area contributed by atoms with Crippen molar-refractivity contribution < 1.29 is 13.3 Å². The van der Waals surface area contributed by atoms with Crippen molar-refractivity contribution >= 4 is 21.4 Å². The van der Waals surface area contributed by atoms with Gasteiger partial charge in [-0.15, -0.1) is 0 Å². The van der Waals surface area contributed by atoms with E-state index in [1.165, 1.54) is 12.1 Å². The molecular weight excluding hydrogens is 294 g/mol. The average molecular weight is 313 g/mol. The van der Waals surface area contributed by atoms with Crippen LogP contribution in [0.2, 0.25) is 0 Å². The van der Waals surface area contributed by atoms with Crippen molar-refractivity contribution in [2.45, 2.75) is 37.5 Å². The summed E-state index contributed by atoms with van der Waals surface area (Å²) in [6, 6.07) is 3.59. The number of nitrogens with zero attached hydrogens (tertiary/aromatic N) is 1. The van der Waals surface area contributed by atoms with Crippen LogP contribution in [-0.4, -0.2) is 19.9 Å². The molecule has 0 spiro atoms. The van der Waals surface area contributed by atoms with Gasteiger partial charge < -0.3 is 5.73 Å². The van der Waals surface area contributed by atoms with Gasteiger partial charge in [-0.1, -0.05) is 13.3 Å². The number of hydrogen-bond acceptors (Lipinski definition) is 5. The number of nitro benzene ring substituents is 1. The Morgan fingerprint density at radius 1 is 1.43 bits per heavy atom. The van der Waals surface area contributed by atoms with Gasteiger partial charge in [0, 0.05) is 18.3 Å². The minimum atomic E-state index is -3.92. The lowest BCUT2D eigenvalue weighted by molar-refractivity contribution is -0.387. The molecule has 1 aromatic carbocycles. The summed E-state index contributed by atoms with van der Waals surface area (Å²) in [5, 5.41) is 11.0. The summed E-state index contributed by atoms with van der Waals surface area (Å²) in [6.07, 6.45) is 3.95. The molecule has 21 heavy (non-hydrogen) atoms. The minimum Gasteiger partial charge on any atom is -0.399 e. The van der Waals surface area contributed by atoms with Crippen LogP contribution in [0.15, 0.2) is 23.1 Å². The maximum absolute atomic E-state index is 12.3. The number of sulfonamides is 1. The van der Waals surface area contributed by atoms with Crippen LogP contribution in [0.5, 0.6) is 0 Å². The molecule has 1 aliphatic carbocycles. The lowest BCUT2D eigenvalue weighted by Gasteiger charge is -2.41. The molecule has 1 fully saturated rings. The first-order chi connectivity index (χ1) is 9.80. The van der Waals surface area contributed by atoms with E-state index in [0.717, 1.165) is 31.7 Å². The first kappa shape index (κ1) is 15.7. The van der Waals surface area contributed by atoms with Gasteiger partial charge in [-0.2, -0.15) is 0 Å². The first-order valence-electron chi connectivity index (χ1n) is 6.83. The summed E-state index contributed by atoms with van der Waals surface area (Å²) >= 11 is 0. The third kappa shape index (κ3) is 3.16. The lowest BCUT2D eigenvalue weighted by Crippen LogP contribution is -2.41. The molecule has 0 amide bonds. The van der Waals surface area contributed by atoms with E-state index in [1.54, 1.807) is 0 Å². The first-order valence-corrected chi connectivity index (χ1v) is 8.32. The molecule has 2 rings (SSSR count). The van der Waals surface area contributed by atoms with Crippen LogP contribution in [0.1, 0.15) is 32.6 Å². The van der Waals surface area contributed by atoms with Gasteiger partial charge in [0.05, 0.1) is 4.92 Å². The van der Waals surface area contributed by atoms with Crippen molar-refractivity contribution in [1.29, 1.82) is 0 Å². The van der Waals surface area contributed by atoms with E-state index in [9.17, 15) is 18.5 Å². The zero-order valence-electron chi connectivity index (χ0n) is 11.8. The Morgan fingerprint density at radius 3 is 2.57 bits per heavy atom. The quantitative estimate of drug-likeness (QED) is 0.473. The number of nitrogens with two attached hydrogens (primary N) is 1. The van der Waals surface area contributed by atoms with Crippen LogP contribution >= 0.6 is 0 Å². The van der Waals surface area contributed by atoms with Gasteiger partial charge >= 0.3 is 0 Å². The van der Waals surface area contributed by atoms with Gasteiger partial charge in [0.25, 0.3) is 5.69 Å². The van der Waals surface area contributed by atoms with E-state index in [-0.39, 0.29) is 16.0 Å². The highest BCUT2D eigenvalue weighted by Gasteiger charge is 2.37. The highest BCUT2D eigenvalue weighted by molar-refractivity contribution is 7.89. The molecule has 0 aromatic heterocycles. The fourth-order valence-electron chi connectivity index (χ4n) is 2.56. The Morgan fingerprint density at radius 2 is 2.10 bits per heavy atom. The molecule has 116 valence electrons. The number of hydrogen-bond donors (Lipinski definition) is 2. The summed E-state index contributed by atoms with van der Waals surface area (Å²) in [6.45, 7) is 2.34. The number of rotatable bonds is 6. The van der Waals surface area contributed by atoms with E-state index < -0.39 is 20.6 Å². The SMILES string of the molecule is CCC1(CNS(=O)(=O)c2ccc(N)cc2[N+](=O)[O-])CCC1. The smallest absolute Gasteiger partial charge is 0.291 e. The molecule has 0 unspecified atom stereocenters. The topological polar surface area (TPSA) is 115 Å². The molecule has 1 aromatic rings. The summed E-state index contributed by atoms with van der Waals surface area (Å²) < 4.78 is 27.1. The molecule has 0 atom stereocenters. The number of anilines is 1. The molecule has 7 nitrogen and oxygen atoms in total. The van der Waals surface area contributed by atoms with E-state index in [0.29, 0.717) is 6.54 Å². The number of nitro groups is 1. The zero-order valence-corrected chi connectivity index (χ0v) is 12.6. The normalized spacial score (nSPS) is 17.2. The van der Waals surface area contributed by atoms with Crippen LogP contribution in [0.25, 0.3) is 0 Å². The molecule has 8 heteroatoms. The maximum atomic E-state index is 12.3. The van der Waals surface area contributed by atoms with Gasteiger partial charge in [-0.3, -0.25) is 10.1 Å². The Hall–Kier alpha value is -1.67. The van der Waals surface area contributed by atoms with Crippen LogP contribution in [0.3, 0.4) is 0 Å². The van der Waals surface area contributed by atoms with Gasteiger partial charge in [-0.25, -0.2) is 13.1 Å². The molecule has 0 heterocycles. The molecule has 3 N–H and O–H groups in total. The second kappa shape index (κ2) is 5.61. The molecule has 0 saturated heterocycles. The predicted molar refractivity (Wildman–Crippen MR) is 79.3 cm³/mol. The maximum Gasteiger partial charge on any atom is 0.291 e. The fraction of sp³-hybridized carbons (Fsp3) is 0.538. The summed E-state index contributed by atoms with van der Waals surface area (Å²) in [4.78, 5) is 9.93. The van der Waals surface area contributed by atoms with Crippen molar-refractivity contribution in [1.82, 2.24) is 4.72 Å². The summed E-state index contributed by atoms with van der Waals surface area (Å²) in [5.74, 6) is 0. The average Bonchev–Trinajstić information content (AvgIpc) is 2.37. The van der Waals surface area contributed by atoms with Crippen molar-refractivity contribution in [3.63, 3.8) is 0 Å². The van der Waals surface area contributed by atoms with E-state index in [1.807, 2.05) is 6.92 Å². The van der Waals surface area contributed by atoms with Crippen LogP contribution in [0, 0.1) is 15.5 Å². The highest BCUT2D eigenvalue weighted by Crippen LogP contribution is 2.43. The van der Waals surface area contributed by atoms with Gasteiger partial charge in [0.15, 0.2) is 4.90 Å². The highest BCUT2D eigenvalue weighted by atomic mass is 32.2. The lowest BCUT2D eigenvalue weighted by atomic mass is 9.67. The van der Waals surface area contributed by atoms with E-state index in [4.69, 9.17) is 5.73 Å². The third-order valence-electron chi connectivity index (χ3n) is 4.27. The van der Waals surface area contributed by atoms with E-state index >= 15 is 0 Å². The van der Waals surface area contributed by atoms with Crippen LogP contribution in [0.4, 0.5) is 11.4 Å². The van der Waals surface area contributed by atoms with Gasteiger partial charge in [0.2, 0.25) is 10.0 Å². The van der Waals surface area contributed by atoms with Gasteiger partial charge in [0.1, 0.15) is 0 Å². The Labute approximate surface area is 123 Å². The van der Waals surface area contributed by atoms with Crippen LogP contribution < -0.4 is 10.5 Å². The number of benzene rings is 1. The van der Waals surface area contributed by atoms with Crippen LogP contribution in [-0.2, 0) is 10.0 Å². The Balaban J connectivity index is 2.25. The number of nitrogen functional groups attached to an aromatic ring is 1. The molecule has 0 radical (unpaired) electrons. The third-order valence-corrected chi connectivity index (χ3v) is 5.72. The standard InChI is InChI=1S/C13H19N3O4S/c1-2-13(6-3-7-13)9-15-21(19,20)12-5-4-10(14)8-11(12)16(17)18/h4-5,8,15H,2-3,6-7,9,14H2,1H3. The van der Waals surface area contributed by atoms with Crippen molar-refractivity contribution in [2.24, 2.45) is 5.41 Å². The molecule has 0 bridgehead atoms.